The van der Waals surface area contributed by atoms with Crippen LogP contribution in [0.5, 0.6) is 0 Å². The van der Waals surface area contributed by atoms with Crippen molar-refractivity contribution in [1.29, 1.82) is 0 Å². The number of carbonyl (C=O) groups excluding carboxylic acids is 1. The van der Waals surface area contributed by atoms with E-state index in [2.05, 4.69) is 10.3 Å². The Kier molecular flexibility index (Phi) is 7.33. The van der Waals surface area contributed by atoms with E-state index in [9.17, 15) is 13.2 Å². The van der Waals surface area contributed by atoms with Crippen LogP contribution in [-0.4, -0.2) is 60.5 Å². The highest BCUT2D eigenvalue weighted by Gasteiger charge is 2.52. The molecule has 4 aromatic rings. The first-order chi connectivity index (χ1) is 20.7. The summed E-state index contributed by atoms with van der Waals surface area (Å²) < 4.78 is 57.0. The molecule has 1 amide bonds. The van der Waals surface area contributed by atoms with E-state index in [1.54, 1.807) is 43.8 Å². The standard InChI is InChI=1S/C31H35BFN5O5S/c1-30(2)31(3,4)43-32(42-30)23-12-9-19(14-24(23)33)17-38(44(6,40)41)26-18-37-25(15-22(26)20-10-11-20)27(29(39)34-5)28(36-37)21-8-7-13-35-16-21/h7-9,12-16,18,20H,10-11,17H2,1-6H3,(H,34,39). The summed E-state index contributed by atoms with van der Waals surface area (Å²) in [4.78, 5) is 17.3. The molecule has 0 radical (unpaired) electrons. The summed E-state index contributed by atoms with van der Waals surface area (Å²) in [7, 11) is -3.16. The smallest absolute Gasteiger partial charge is 0.399 e. The van der Waals surface area contributed by atoms with Gasteiger partial charge in [-0.2, -0.15) is 5.10 Å². The Morgan fingerprint density at radius 3 is 2.43 bits per heavy atom. The molecule has 3 aromatic heterocycles. The van der Waals surface area contributed by atoms with Gasteiger partial charge < -0.3 is 14.6 Å². The molecule has 1 N–H and O–H groups in total. The summed E-state index contributed by atoms with van der Waals surface area (Å²) in [6, 6.07) is 10.0. The number of anilines is 1. The molecule has 10 nitrogen and oxygen atoms in total. The molecule has 1 saturated heterocycles. The lowest BCUT2D eigenvalue weighted by Gasteiger charge is -2.32. The quantitative estimate of drug-likeness (QED) is 0.296. The summed E-state index contributed by atoms with van der Waals surface area (Å²) in [6.07, 6.45) is 7.81. The monoisotopic (exact) mass is 619 g/mol. The minimum Gasteiger partial charge on any atom is -0.399 e. The molecule has 1 aliphatic heterocycles. The van der Waals surface area contributed by atoms with E-state index in [1.165, 1.54) is 14.9 Å². The van der Waals surface area contributed by atoms with E-state index in [-0.39, 0.29) is 23.8 Å². The average molecular weight is 620 g/mol. The number of halogens is 1. The first kappa shape index (κ1) is 30.2. The van der Waals surface area contributed by atoms with Crippen LogP contribution in [0.15, 0.2) is 55.0 Å². The predicted octanol–water partition coefficient (Wildman–Crippen LogP) is 4.04. The Labute approximate surface area is 256 Å². The Morgan fingerprint density at radius 2 is 1.86 bits per heavy atom. The van der Waals surface area contributed by atoms with Crippen LogP contribution in [0.4, 0.5) is 10.1 Å². The van der Waals surface area contributed by atoms with Gasteiger partial charge in [-0.05, 0) is 81.8 Å². The van der Waals surface area contributed by atoms with Crippen molar-refractivity contribution in [2.24, 2.45) is 0 Å². The number of sulfonamides is 1. The van der Waals surface area contributed by atoms with Gasteiger partial charge in [0, 0.05) is 30.5 Å². The highest BCUT2D eigenvalue weighted by atomic mass is 32.2. The van der Waals surface area contributed by atoms with Crippen LogP contribution in [0.2, 0.25) is 0 Å². The average Bonchev–Trinajstić information content (AvgIpc) is 3.69. The number of nitrogens with zero attached hydrogens (tertiary/aromatic N) is 4. The zero-order valence-electron chi connectivity index (χ0n) is 25.6. The van der Waals surface area contributed by atoms with Gasteiger partial charge in [-0.3, -0.25) is 14.1 Å². The van der Waals surface area contributed by atoms with Gasteiger partial charge in [0.2, 0.25) is 10.0 Å². The number of hydrogen-bond donors (Lipinski definition) is 1. The van der Waals surface area contributed by atoms with E-state index in [0.717, 1.165) is 24.7 Å². The third kappa shape index (κ3) is 5.37. The number of benzene rings is 1. The van der Waals surface area contributed by atoms with Crippen LogP contribution < -0.4 is 15.1 Å². The second-order valence-electron chi connectivity index (χ2n) is 12.5. The molecule has 2 aliphatic rings. The lowest BCUT2D eigenvalue weighted by molar-refractivity contribution is 0.00578. The summed E-state index contributed by atoms with van der Waals surface area (Å²) in [5.41, 5.74) is 2.69. The molecule has 0 bridgehead atoms. The lowest BCUT2D eigenvalue weighted by atomic mass is 9.78. The van der Waals surface area contributed by atoms with Crippen LogP contribution in [0.25, 0.3) is 16.8 Å². The van der Waals surface area contributed by atoms with Gasteiger partial charge in [-0.15, -0.1) is 0 Å². The van der Waals surface area contributed by atoms with Crippen molar-refractivity contribution < 1.29 is 26.9 Å². The molecular formula is C31H35BFN5O5S. The number of aromatic nitrogens is 3. The minimum absolute atomic E-state index is 0.107. The molecule has 0 unspecified atom stereocenters. The minimum atomic E-state index is -3.83. The number of hydrogen-bond acceptors (Lipinski definition) is 7. The van der Waals surface area contributed by atoms with Crippen LogP contribution in [0.3, 0.4) is 0 Å². The van der Waals surface area contributed by atoms with E-state index in [4.69, 9.17) is 14.4 Å². The molecular weight excluding hydrogens is 584 g/mol. The predicted molar refractivity (Wildman–Crippen MR) is 167 cm³/mol. The van der Waals surface area contributed by atoms with Gasteiger partial charge in [-0.25, -0.2) is 17.3 Å². The second-order valence-corrected chi connectivity index (χ2v) is 14.4. The summed E-state index contributed by atoms with van der Waals surface area (Å²) in [5, 5.41) is 7.40. The lowest BCUT2D eigenvalue weighted by Crippen LogP contribution is -2.41. The van der Waals surface area contributed by atoms with E-state index >= 15 is 4.39 Å². The molecule has 4 heterocycles. The van der Waals surface area contributed by atoms with Crippen LogP contribution in [0.1, 0.15) is 67.9 Å². The van der Waals surface area contributed by atoms with Crippen molar-refractivity contribution in [3.8, 4) is 11.3 Å². The molecule has 230 valence electrons. The first-order valence-electron chi connectivity index (χ1n) is 14.5. The van der Waals surface area contributed by atoms with Crippen LogP contribution in [-0.2, 0) is 25.9 Å². The maximum absolute atomic E-state index is 15.5. The Bertz CT molecular complexity index is 1860. The fourth-order valence-electron chi connectivity index (χ4n) is 5.46. The molecule has 0 spiro atoms. The molecule has 6 rings (SSSR count). The fourth-order valence-corrected chi connectivity index (χ4v) is 6.35. The van der Waals surface area contributed by atoms with Gasteiger partial charge in [0.25, 0.3) is 5.91 Å². The molecule has 2 fully saturated rings. The van der Waals surface area contributed by atoms with E-state index in [1.807, 2.05) is 39.8 Å². The van der Waals surface area contributed by atoms with Gasteiger partial charge in [0.05, 0.1) is 47.0 Å². The van der Waals surface area contributed by atoms with Gasteiger partial charge in [0.15, 0.2) is 0 Å². The third-order valence-corrected chi connectivity index (χ3v) is 9.88. The van der Waals surface area contributed by atoms with Crippen molar-refractivity contribution in [1.82, 2.24) is 19.9 Å². The zero-order valence-corrected chi connectivity index (χ0v) is 26.4. The van der Waals surface area contributed by atoms with Crippen molar-refractivity contribution in [3.05, 3.63) is 77.5 Å². The Balaban J connectivity index is 1.42. The maximum atomic E-state index is 15.5. The maximum Gasteiger partial charge on any atom is 0.497 e. The number of pyridine rings is 2. The van der Waals surface area contributed by atoms with E-state index in [0.29, 0.717) is 33.6 Å². The highest BCUT2D eigenvalue weighted by molar-refractivity contribution is 7.92. The number of fused-ring (bicyclic) bond motifs is 1. The topological polar surface area (TPSA) is 115 Å². The third-order valence-electron chi connectivity index (χ3n) is 8.75. The number of rotatable bonds is 8. The van der Waals surface area contributed by atoms with Gasteiger partial charge >= 0.3 is 7.12 Å². The van der Waals surface area contributed by atoms with Crippen molar-refractivity contribution in [2.45, 2.75) is 64.2 Å². The number of nitrogens with one attached hydrogen (secondary N) is 1. The Hall–Kier alpha value is -3.81. The summed E-state index contributed by atoms with van der Waals surface area (Å²) >= 11 is 0. The number of amides is 1. The summed E-state index contributed by atoms with van der Waals surface area (Å²) in [5.74, 6) is -0.738. The second kappa shape index (κ2) is 10.7. The largest absolute Gasteiger partial charge is 0.497 e. The van der Waals surface area contributed by atoms with Crippen LogP contribution >= 0.6 is 0 Å². The first-order valence-corrected chi connectivity index (χ1v) is 16.4. The van der Waals surface area contributed by atoms with Gasteiger partial charge in [-0.1, -0.05) is 12.1 Å². The SMILES string of the molecule is CNC(=O)c1c(-c2cccnc2)nn2cc(N(Cc3ccc(B4OC(C)(C)C(C)(C)O4)c(F)c3)S(C)(=O)=O)c(C3CC3)cc12. The molecule has 1 saturated carbocycles. The summed E-state index contributed by atoms with van der Waals surface area (Å²) in [6.45, 7) is 7.48. The normalized spacial score (nSPS) is 17.7. The molecule has 1 aliphatic carbocycles. The molecule has 44 heavy (non-hydrogen) atoms. The molecule has 0 atom stereocenters. The molecule has 13 heteroatoms. The van der Waals surface area contributed by atoms with Crippen LogP contribution in [0, 0.1) is 5.82 Å². The highest BCUT2D eigenvalue weighted by Crippen LogP contribution is 2.46. The fraction of sp³-hybridized carbons (Fsp3) is 0.387. The zero-order chi connectivity index (χ0) is 31.6. The van der Waals surface area contributed by atoms with Crippen molar-refractivity contribution in [3.63, 3.8) is 0 Å². The van der Waals surface area contributed by atoms with E-state index < -0.39 is 34.2 Å². The number of carbonyl (C=O) groups is 1. The Morgan fingerprint density at radius 1 is 1.16 bits per heavy atom. The molecule has 1 aromatic carbocycles. The van der Waals surface area contributed by atoms with Gasteiger partial charge in [0.1, 0.15) is 11.5 Å². The van der Waals surface area contributed by atoms with Crippen molar-refractivity contribution in [2.75, 3.05) is 17.6 Å². The van der Waals surface area contributed by atoms with Crippen molar-refractivity contribution >= 4 is 39.7 Å².